The van der Waals surface area contributed by atoms with Crippen molar-refractivity contribution in [2.45, 2.75) is 13.0 Å². The van der Waals surface area contributed by atoms with Crippen LogP contribution in [-0.4, -0.2) is 28.7 Å². The van der Waals surface area contributed by atoms with Crippen molar-refractivity contribution < 1.29 is 29.3 Å². The normalized spacial score (nSPS) is 18.9. The van der Waals surface area contributed by atoms with Gasteiger partial charge in [-0.05, 0) is 60.5 Å². The predicted octanol–water partition coefficient (Wildman–Crippen LogP) is 4.06. The van der Waals surface area contributed by atoms with Gasteiger partial charge in [0.15, 0.2) is 11.5 Å². The number of carbonyl (C=O) groups is 2. The monoisotopic (exact) mass is 429 g/mol. The lowest BCUT2D eigenvalue weighted by molar-refractivity contribution is -0.132. The lowest BCUT2D eigenvalue weighted by Gasteiger charge is -2.25. The fourth-order valence-corrected chi connectivity index (χ4v) is 4.09. The molecule has 1 fully saturated rings. The molecule has 32 heavy (non-hydrogen) atoms. The summed E-state index contributed by atoms with van der Waals surface area (Å²) in [5.41, 5.74) is 2.18. The van der Waals surface area contributed by atoms with Crippen molar-refractivity contribution in [1.82, 2.24) is 0 Å². The van der Waals surface area contributed by atoms with Gasteiger partial charge in [0.2, 0.25) is 6.79 Å². The summed E-state index contributed by atoms with van der Waals surface area (Å²) in [6.07, 6.45) is 0. The van der Waals surface area contributed by atoms with E-state index < -0.39 is 17.7 Å². The fraction of sp³-hybridized carbons (Fsp3) is 0.120. The zero-order chi connectivity index (χ0) is 22.4. The first kappa shape index (κ1) is 19.7. The number of hydrogen-bond donors (Lipinski definition) is 2. The number of ketones is 1. The van der Waals surface area contributed by atoms with E-state index in [9.17, 15) is 19.8 Å². The van der Waals surface area contributed by atoms with E-state index in [0.717, 1.165) is 5.56 Å². The molecule has 2 aliphatic rings. The van der Waals surface area contributed by atoms with E-state index >= 15 is 0 Å². The number of rotatable bonds is 3. The summed E-state index contributed by atoms with van der Waals surface area (Å²) in [6, 6.07) is 17.4. The second-order valence-electron chi connectivity index (χ2n) is 7.67. The maximum atomic E-state index is 13.2. The van der Waals surface area contributed by atoms with Gasteiger partial charge in [0, 0.05) is 11.3 Å². The van der Waals surface area contributed by atoms with E-state index in [4.69, 9.17) is 9.47 Å². The van der Waals surface area contributed by atoms with Crippen molar-refractivity contribution in [2.75, 3.05) is 11.7 Å². The number of aromatic hydroxyl groups is 1. The number of benzene rings is 3. The Morgan fingerprint density at radius 3 is 2.53 bits per heavy atom. The van der Waals surface area contributed by atoms with Crippen LogP contribution in [0.15, 0.2) is 72.3 Å². The largest absolute Gasteiger partial charge is 0.508 e. The average Bonchev–Trinajstić information content (AvgIpc) is 3.35. The maximum Gasteiger partial charge on any atom is 0.300 e. The van der Waals surface area contributed by atoms with Crippen LogP contribution in [0.2, 0.25) is 0 Å². The minimum absolute atomic E-state index is 0.0135. The number of phenols is 1. The van der Waals surface area contributed by atoms with Crippen LogP contribution < -0.4 is 14.4 Å². The van der Waals surface area contributed by atoms with E-state index in [0.29, 0.717) is 28.3 Å². The highest BCUT2D eigenvalue weighted by Crippen LogP contribution is 2.44. The molecule has 0 bridgehead atoms. The van der Waals surface area contributed by atoms with Crippen LogP contribution in [0.25, 0.3) is 5.76 Å². The van der Waals surface area contributed by atoms with Crippen molar-refractivity contribution in [2.24, 2.45) is 0 Å². The van der Waals surface area contributed by atoms with Gasteiger partial charge in [-0.2, -0.15) is 0 Å². The number of aliphatic hydroxyl groups excluding tert-OH is 1. The molecule has 7 heteroatoms. The van der Waals surface area contributed by atoms with Crippen LogP contribution >= 0.6 is 0 Å². The summed E-state index contributed by atoms with van der Waals surface area (Å²) in [5.74, 6) is -0.936. The molecule has 3 aromatic carbocycles. The molecule has 7 nitrogen and oxygen atoms in total. The molecule has 1 atom stereocenters. The average molecular weight is 429 g/mol. The zero-order valence-electron chi connectivity index (χ0n) is 17.1. The van der Waals surface area contributed by atoms with E-state index in [1.807, 2.05) is 13.0 Å². The predicted molar refractivity (Wildman–Crippen MR) is 117 cm³/mol. The molecule has 5 rings (SSSR count). The number of amides is 1. The molecular weight excluding hydrogens is 410 g/mol. The summed E-state index contributed by atoms with van der Waals surface area (Å²) in [5, 5.41) is 21.2. The summed E-state index contributed by atoms with van der Waals surface area (Å²) in [6.45, 7) is 1.96. The molecule has 0 saturated carbocycles. The summed E-state index contributed by atoms with van der Waals surface area (Å²) >= 11 is 0. The first-order chi connectivity index (χ1) is 15.4. The van der Waals surface area contributed by atoms with Crippen molar-refractivity contribution >= 4 is 23.1 Å². The van der Waals surface area contributed by atoms with Crippen LogP contribution in [0.5, 0.6) is 17.2 Å². The van der Waals surface area contributed by atoms with Gasteiger partial charge in [-0.1, -0.05) is 24.3 Å². The SMILES string of the molecule is Cc1cccc(N2C(=O)C(=O)/C(=C(\O)c3ccc4c(c3)OCO4)C2c2cccc(O)c2)c1. The zero-order valence-corrected chi connectivity index (χ0v) is 17.1. The van der Waals surface area contributed by atoms with Crippen molar-refractivity contribution in [1.29, 1.82) is 0 Å². The van der Waals surface area contributed by atoms with Crippen molar-refractivity contribution in [3.05, 3.63) is 89.0 Å². The number of carbonyl (C=O) groups excluding carboxylic acids is 2. The molecule has 160 valence electrons. The molecule has 1 amide bonds. The van der Waals surface area contributed by atoms with E-state index in [2.05, 4.69) is 0 Å². The topological polar surface area (TPSA) is 96.3 Å². The number of ether oxygens (including phenoxy) is 2. The summed E-state index contributed by atoms with van der Waals surface area (Å²) < 4.78 is 10.7. The number of phenolic OH excluding ortho intramolecular Hbond substituents is 1. The molecular formula is C25H19NO6. The van der Waals surface area contributed by atoms with Gasteiger partial charge < -0.3 is 19.7 Å². The first-order valence-corrected chi connectivity index (χ1v) is 10.0. The number of aryl methyl sites for hydroxylation is 1. The second-order valence-corrected chi connectivity index (χ2v) is 7.67. The van der Waals surface area contributed by atoms with Gasteiger partial charge in [0.1, 0.15) is 11.5 Å². The fourth-order valence-electron chi connectivity index (χ4n) is 4.09. The quantitative estimate of drug-likeness (QED) is 0.370. The molecule has 2 aliphatic heterocycles. The highest BCUT2D eigenvalue weighted by Gasteiger charge is 2.47. The minimum Gasteiger partial charge on any atom is -0.508 e. The number of anilines is 1. The Morgan fingerprint density at radius 1 is 0.969 bits per heavy atom. The lowest BCUT2D eigenvalue weighted by atomic mass is 9.94. The Balaban J connectivity index is 1.72. The Kier molecular flexibility index (Phi) is 4.59. The number of nitrogens with zero attached hydrogens (tertiary/aromatic N) is 1. The minimum atomic E-state index is -0.922. The smallest absolute Gasteiger partial charge is 0.300 e. The van der Waals surface area contributed by atoms with E-state index in [1.54, 1.807) is 48.5 Å². The molecule has 1 unspecified atom stereocenters. The highest BCUT2D eigenvalue weighted by atomic mass is 16.7. The molecule has 0 aromatic heterocycles. The standard InChI is InChI=1S/C25H19NO6/c1-14-4-2-6-17(10-14)26-22(15-5-3-7-18(27)11-15)21(24(29)25(26)30)23(28)16-8-9-19-20(12-16)32-13-31-19/h2-12,22,27-28H,13H2,1H3/b23-21-. The molecule has 0 radical (unpaired) electrons. The molecule has 0 spiro atoms. The Hall–Kier alpha value is -4.26. The number of aliphatic hydroxyl groups is 1. The van der Waals surface area contributed by atoms with Crippen molar-refractivity contribution in [3.63, 3.8) is 0 Å². The molecule has 2 heterocycles. The van der Waals surface area contributed by atoms with E-state index in [-0.39, 0.29) is 23.9 Å². The van der Waals surface area contributed by atoms with Gasteiger partial charge in [0.05, 0.1) is 11.6 Å². The summed E-state index contributed by atoms with van der Waals surface area (Å²) in [7, 11) is 0. The number of hydrogen-bond acceptors (Lipinski definition) is 6. The van der Waals surface area contributed by atoms with E-state index in [1.165, 1.54) is 17.0 Å². The third kappa shape index (κ3) is 3.15. The second kappa shape index (κ2) is 7.46. The molecule has 2 N–H and O–H groups in total. The number of fused-ring (bicyclic) bond motifs is 1. The Labute approximate surface area is 183 Å². The van der Waals surface area contributed by atoms with Gasteiger partial charge in [-0.3, -0.25) is 14.5 Å². The van der Waals surface area contributed by atoms with Crippen molar-refractivity contribution in [3.8, 4) is 17.2 Å². The van der Waals surface area contributed by atoms with Gasteiger partial charge in [0.25, 0.3) is 11.7 Å². The lowest BCUT2D eigenvalue weighted by Crippen LogP contribution is -2.29. The van der Waals surface area contributed by atoms with Crippen LogP contribution in [-0.2, 0) is 9.59 Å². The molecule has 1 saturated heterocycles. The first-order valence-electron chi connectivity index (χ1n) is 10.0. The Morgan fingerprint density at radius 2 is 1.75 bits per heavy atom. The van der Waals surface area contributed by atoms with Crippen LogP contribution in [0.3, 0.4) is 0 Å². The van der Waals surface area contributed by atoms with Crippen LogP contribution in [0, 0.1) is 6.92 Å². The summed E-state index contributed by atoms with van der Waals surface area (Å²) in [4.78, 5) is 27.7. The number of Topliss-reactive ketones (excluding diaryl/α,β-unsaturated/α-hetero) is 1. The molecule has 0 aliphatic carbocycles. The van der Waals surface area contributed by atoms with Gasteiger partial charge >= 0.3 is 0 Å². The Bertz CT molecular complexity index is 1300. The highest BCUT2D eigenvalue weighted by molar-refractivity contribution is 6.51. The third-order valence-corrected chi connectivity index (χ3v) is 5.56. The third-order valence-electron chi connectivity index (χ3n) is 5.56. The maximum absolute atomic E-state index is 13.2. The van der Waals surface area contributed by atoms with Gasteiger partial charge in [-0.25, -0.2) is 0 Å². The van der Waals surface area contributed by atoms with Crippen LogP contribution in [0.4, 0.5) is 5.69 Å². The molecule has 3 aromatic rings. The van der Waals surface area contributed by atoms with Gasteiger partial charge in [-0.15, -0.1) is 0 Å². The van der Waals surface area contributed by atoms with Crippen LogP contribution in [0.1, 0.15) is 22.7 Å².